The number of nitrogens with two attached hydrogens (primary N) is 1. The molecule has 3 atom stereocenters. The fraction of sp³-hybridized carbons (Fsp3) is 0.481. The summed E-state index contributed by atoms with van der Waals surface area (Å²) in [4.78, 5) is 46.4. The minimum atomic E-state index is -1.13. The fourth-order valence-corrected chi connectivity index (χ4v) is 5.11. The lowest BCUT2D eigenvalue weighted by molar-refractivity contribution is -0.152. The van der Waals surface area contributed by atoms with Crippen LogP contribution >= 0.6 is 0 Å². The maximum absolute atomic E-state index is 13.9. The third kappa shape index (κ3) is 4.93. The molecule has 0 aliphatic carbocycles. The fourth-order valence-electron chi connectivity index (χ4n) is 5.11. The smallest absolute Gasteiger partial charge is 0.410 e. The second kappa shape index (κ2) is 10.3. The van der Waals surface area contributed by atoms with Gasteiger partial charge in [-0.15, -0.1) is 0 Å². The second-order valence-electron chi connectivity index (χ2n) is 10.3. The molecule has 2 fully saturated rings. The number of piperidine rings is 1. The minimum absolute atomic E-state index is 0.0461. The van der Waals surface area contributed by atoms with Crippen LogP contribution in [0.2, 0.25) is 0 Å². The Hall–Kier alpha value is -3.46. The Morgan fingerprint density at radius 3 is 2.61 bits per heavy atom. The molecule has 1 aromatic carbocycles. The van der Waals surface area contributed by atoms with E-state index in [1.54, 1.807) is 43.1 Å². The van der Waals surface area contributed by atoms with Crippen LogP contribution in [0.4, 0.5) is 4.79 Å². The second-order valence-corrected chi connectivity index (χ2v) is 10.3. The van der Waals surface area contributed by atoms with Crippen LogP contribution in [0.25, 0.3) is 0 Å². The van der Waals surface area contributed by atoms with Crippen LogP contribution in [0, 0.1) is 11.3 Å². The summed E-state index contributed by atoms with van der Waals surface area (Å²) in [5, 5.41) is 0. The summed E-state index contributed by atoms with van der Waals surface area (Å²) in [6.07, 6.45) is 3.69. The first-order chi connectivity index (χ1) is 17.1. The highest BCUT2D eigenvalue weighted by Crippen LogP contribution is 2.40. The van der Waals surface area contributed by atoms with Gasteiger partial charge >= 0.3 is 6.09 Å². The van der Waals surface area contributed by atoms with Crippen molar-refractivity contribution in [3.63, 3.8) is 0 Å². The molecule has 0 radical (unpaired) electrons. The third-order valence-electron chi connectivity index (χ3n) is 7.66. The van der Waals surface area contributed by atoms with Gasteiger partial charge in [0.05, 0.1) is 24.5 Å². The monoisotopic (exact) mass is 494 g/mol. The molecule has 9 nitrogen and oxygen atoms in total. The summed E-state index contributed by atoms with van der Waals surface area (Å²) in [6.45, 7) is 4.40. The molecule has 0 bridgehead atoms. The van der Waals surface area contributed by atoms with Crippen LogP contribution in [0.15, 0.2) is 54.9 Å². The number of amides is 3. The standard InChI is InChI=1S/C27H34N4O5/c1-26(2,24(28)33)21(17-35-16-19-8-5-4-6-9-19)23(32)31-13-11-22-27(18-31,30(3)25(34)36-22)14-20-10-7-12-29-15-20/h4-10,12,15,21-22H,11,13-14,16-18H2,1-3H3,(H2,28,33)/t21-,22?,27?/m1/s1. The predicted octanol–water partition coefficient (Wildman–Crippen LogP) is 2.39. The number of ether oxygens (including phenoxy) is 2. The Balaban J connectivity index is 1.57. The highest BCUT2D eigenvalue weighted by atomic mass is 16.6. The van der Waals surface area contributed by atoms with Gasteiger partial charge < -0.3 is 20.1 Å². The van der Waals surface area contributed by atoms with Gasteiger partial charge in [0.2, 0.25) is 11.8 Å². The molecule has 2 aliphatic rings. The van der Waals surface area contributed by atoms with Crippen LogP contribution < -0.4 is 5.73 Å². The van der Waals surface area contributed by atoms with Crippen LogP contribution in [0.1, 0.15) is 31.4 Å². The Labute approximate surface area is 211 Å². The van der Waals surface area contributed by atoms with Crippen molar-refractivity contribution in [2.45, 2.75) is 44.9 Å². The van der Waals surface area contributed by atoms with Gasteiger partial charge in [0.1, 0.15) is 11.6 Å². The first kappa shape index (κ1) is 25.6. The summed E-state index contributed by atoms with van der Waals surface area (Å²) < 4.78 is 11.6. The lowest BCUT2D eigenvalue weighted by Gasteiger charge is -2.47. The van der Waals surface area contributed by atoms with Gasteiger partial charge in [-0.1, -0.05) is 50.2 Å². The number of hydrogen-bond donors (Lipinski definition) is 1. The number of aromatic nitrogens is 1. The Kier molecular flexibility index (Phi) is 7.31. The molecule has 2 aliphatic heterocycles. The van der Waals surface area contributed by atoms with Gasteiger partial charge in [0.15, 0.2) is 0 Å². The zero-order chi connectivity index (χ0) is 25.9. The number of carbonyl (C=O) groups excluding carboxylic acids is 3. The van der Waals surface area contributed by atoms with E-state index in [9.17, 15) is 14.4 Å². The van der Waals surface area contributed by atoms with Crippen LogP contribution in [-0.4, -0.2) is 71.1 Å². The lowest BCUT2D eigenvalue weighted by atomic mass is 9.76. The maximum Gasteiger partial charge on any atom is 0.410 e. The van der Waals surface area contributed by atoms with E-state index < -0.39 is 28.9 Å². The molecule has 192 valence electrons. The molecule has 2 N–H and O–H groups in total. The highest BCUT2D eigenvalue weighted by Gasteiger charge is 2.57. The molecular formula is C27H34N4O5. The van der Waals surface area contributed by atoms with E-state index in [4.69, 9.17) is 15.2 Å². The first-order valence-corrected chi connectivity index (χ1v) is 12.2. The van der Waals surface area contributed by atoms with Crippen LogP contribution in [0.3, 0.4) is 0 Å². The van der Waals surface area contributed by atoms with E-state index in [-0.39, 0.29) is 25.2 Å². The van der Waals surface area contributed by atoms with Crippen LogP contribution in [-0.2, 0) is 32.1 Å². The average Bonchev–Trinajstić information content (AvgIpc) is 3.11. The Morgan fingerprint density at radius 1 is 1.22 bits per heavy atom. The van der Waals surface area contributed by atoms with Gasteiger partial charge in [-0.25, -0.2) is 4.79 Å². The number of pyridine rings is 1. The molecule has 9 heteroatoms. The Morgan fingerprint density at radius 2 is 1.94 bits per heavy atom. The highest BCUT2D eigenvalue weighted by molar-refractivity contribution is 5.89. The SMILES string of the molecule is CN1C(=O)OC2CCN(C(=O)[C@@H](COCc3ccccc3)C(C)(C)C(N)=O)CC21Cc1cccnc1. The molecule has 2 aromatic rings. The third-order valence-corrected chi connectivity index (χ3v) is 7.66. The van der Waals surface area contributed by atoms with Gasteiger partial charge in [-0.2, -0.15) is 0 Å². The molecule has 1 aromatic heterocycles. The van der Waals surface area contributed by atoms with E-state index in [1.807, 2.05) is 42.5 Å². The van der Waals surface area contributed by atoms with Gasteiger partial charge in [-0.3, -0.25) is 19.5 Å². The summed E-state index contributed by atoms with van der Waals surface area (Å²) >= 11 is 0. The molecule has 36 heavy (non-hydrogen) atoms. The number of likely N-dealkylation sites (tertiary alicyclic amines) is 1. The van der Waals surface area contributed by atoms with Crippen molar-refractivity contribution < 1.29 is 23.9 Å². The molecule has 4 rings (SSSR count). The number of nitrogens with zero attached hydrogens (tertiary/aromatic N) is 3. The zero-order valence-electron chi connectivity index (χ0n) is 21.1. The molecule has 2 saturated heterocycles. The minimum Gasteiger partial charge on any atom is -0.443 e. The Bertz CT molecular complexity index is 1090. The molecule has 3 amide bonds. The number of hydrogen-bond acceptors (Lipinski definition) is 6. The van der Waals surface area contributed by atoms with E-state index >= 15 is 0 Å². The summed E-state index contributed by atoms with van der Waals surface area (Å²) in [5.74, 6) is -1.57. The van der Waals surface area contributed by atoms with Crippen LogP contribution in [0.5, 0.6) is 0 Å². The average molecular weight is 495 g/mol. The van der Waals surface area contributed by atoms with Crippen molar-refractivity contribution in [2.75, 3.05) is 26.7 Å². The predicted molar refractivity (Wildman–Crippen MR) is 132 cm³/mol. The van der Waals surface area contributed by atoms with Crippen molar-refractivity contribution in [2.24, 2.45) is 17.1 Å². The number of fused-ring (bicyclic) bond motifs is 1. The number of benzene rings is 1. The summed E-state index contributed by atoms with van der Waals surface area (Å²) in [6, 6.07) is 13.4. The van der Waals surface area contributed by atoms with Crippen molar-refractivity contribution in [1.29, 1.82) is 0 Å². The largest absolute Gasteiger partial charge is 0.443 e. The maximum atomic E-state index is 13.9. The number of likely N-dealkylation sites (N-methyl/N-ethyl adjacent to an activating group) is 1. The topological polar surface area (TPSA) is 115 Å². The van der Waals surface area contributed by atoms with Crippen molar-refractivity contribution >= 4 is 17.9 Å². The number of rotatable bonds is 9. The molecule has 2 unspecified atom stereocenters. The summed E-state index contributed by atoms with van der Waals surface area (Å²) in [7, 11) is 1.71. The normalized spacial score (nSPS) is 22.6. The van der Waals surface area contributed by atoms with Gasteiger partial charge in [-0.05, 0) is 17.2 Å². The van der Waals surface area contributed by atoms with Gasteiger partial charge in [0.25, 0.3) is 0 Å². The molecule has 3 heterocycles. The molecule has 0 spiro atoms. The number of carbonyl (C=O) groups is 3. The van der Waals surface area contributed by atoms with Crippen molar-refractivity contribution in [1.82, 2.24) is 14.8 Å². The van der Waals surface area contributed by atoms with E-state index in [0.29, 0.717) is 26.0 Å². The van der Waals surface area contributed by atoms with Gasteiger partial charge in [0, 0.05) is 45.4 Å². The lowest BCUT2D eigenvalue weighted by Crippen LogP contribution is -2.64. The number of primary amides is 1. The first-order valence-electron chi connectivity index (χ1n) is 12.2. The molecule has 0 saturated carbocycles. The molecular weight excluding hydrogens is 460 g/mol. The van der Waals surface area contributed by atoms with E-state index in [2.05, 4.69) is 4.98 Å². The quantitative estimate of drug-likeness (QED) is 0.572. The van der Waals surface area contributed by atoms with E-state index in [1.165, 1.54) is 0 Å². The van der Waals surface area contributed by atoms with Crippen molar-refractivity contribution in [3.05, 3.63) is 66.0 Å². The zero-order valence-corrected chi connectivity index (χ0v) is 21.1. The van der Waals surface area contributed by atoms with E-state index in [0.717, 1.165) is 11.1 Å². The van der Waals surface area contributed by atoms with Crippen molar-refractivity contribution in [3.8, 4) is 0 Å². The summed E-state index contributed by atoms with van der Waals surface area (Å²) in [5.41, 5.74) is 5.78.